The molecule has 1 amide bonds. The van der Waals surface area contributed by atoms with Crippen molar-refractivity contribution in [3.8, 4) is 0 Å². The molecule has 0 aliphatic rings. The van der Waals surface area contributed by atoms with Gasteiger partial charge in [-0.05, 0) is 18.2 Å². The molecule has 7 heteroatoms. The summed E-state index contributed by atoms with van der Waals surface area (Å²) in [5.41, 5.74) is 7.16. The van der Waals surface area contributed by atoms with E-state index in [1.165, 1.54) is 15.8 Å². The predicted octanol–water partition coefficient (Wildman–Crippen LogP) is 1.12. The number of aliphatic carboxylic acids is 1. The van der Waals surface area contributed by atoms with Gasteiger partial charge in [-0.1, -0.05) is 12.1 Å². The minimum absolute atomic E-state index is 0.0353. The summed E-state index contributed by atoms with van der Waals surface area (Å²) in [5.74, 6) is -1.32. The summed E-state index contributed by atoms with van der Waals surface area (Å²) in [5, 5.41) is 12.8. The second-order valence-corrected chi connectivity index (χ2v) is 4.50. The van der Waals surface area contributed by atoms with Crippen molar-refractivity contribution in [3.63, 3.8) is 0 Å². The van der Waals surface area contributed by atoms with Crippen LogP contribution in [0.2, 0.25) is 0 Å². The monoisotopic (exact) mass is 288 g/mol. The van der Waals surface area contributed by atoms with Crippen LogP contribution in [0.15, 0.2) is 36.5 Å². The lowest BCUT2D eigenvalue weighted by Crippen LogP contribution is -2.34. The number of rotatable bonds is 5. The SMILES string of the molecule is Cn1nccc1C(=O)N(CCC(=O)O)c1ccccc1N. The molecule has 0 saturated heterocycles. The van der Waals surface area contributed by atoms with Gasteiger partial charge in [-0.3, -0.25) is 14.3 Å². The number of carbonyl (C=O) groups excluding carboxylic acids is 1. The molecule has 3 N–H and O–H groups in total. The van der Waals surface area contributed by atoms with Crippen molar-refractivity contribution in [2.75, 3.05) is 17.2 Å². The number of benzene rings is 1. The first kappa shape index (κ1) is 14.6. The van der Waals surface area contributed by atoms with Crippen molar-refractivity contribution in [2.45, 2.75) is 6.42 Å². The van der Waals surface area contributed by atoms with Crippen LogP contribution in [0, 0.1) is 0 Å². The van der Waals surface area contributed by atoms with Crippen molar-refractivity contribution in [2.24, 2.45) is 7.05 Å². The van der Waals surface area contributed by atoms with Gasteiger partial charge in [-0.25, -0.2) is 0 Å². The molecule has 1 aromatic carbocycles. The average molecular weight is 288 g/mol. The number of anilines is 2. The third-order valence-corrected chi connectivity index (χ3v) is 3.06. The zero-order chi connectivity index (χ0) is 15.4. The number of carboxylic acid groups (broad SMARTS) is 1. The molecule has 7 nitrogen and oxygen atoms in total. The van der Waals surface area contributed by atoms with Crippen LogP contribution in [-0.2, 0) is 11.8 Å². The van der Waals surface area contributed by atoms with E-state index in [4.69, 9.17) is 10.8 Å². The number of nitrogen functional groups attached to an aromatic ring is 1. The zero-order valence-corrected chi connectivity index (χ0v) is 11.6. The number of para-hydroxylation sites is 2. The maximum Gasteiger partial charge on any atom is 0.305 e. The van der Waals surface area contributed by atoms with Crippen LogP contribution in [0.1, 0.15) is 16.9 Å². The van der Waals surface area contributed by atoms with Gasteiger partial charge in [0.25, 0.3) is 5.91 Å². The number of nitrogens with two attached hydrogens (primary N) is 1. The summed E-state index contributed by atoms with van der Waals surface area (Å²) in [6.45, 7) is 0.0353. The highest BCUT2D eigenvalue weighted by atomic mass is 16.4. The lowest BCUT2D eigenvalue weighted by atomic mass is 10.2. The van der Waals surface area contributed by atoms with Crippen LogP contribution in [0.25, 0.3) is 0 Å². The van der Waals surface area contributed by atoms with Crippen molar-refractivity contribution in [1.29, 1.82) is 0 Å². The minimum atomic E-state index is -0.979. The molecular weight excluding hydrogens is 272 g/mol. The molecule has 0 fully saturated rings. The lowest BCUT2D eigenvalue weighted by Gasteiger charge is -2.23. The third kappa shape index (κ3) is 3.19. The maximum absolute atomic E-state index is 12.6. The van der Waals surface area contributed by atoms with Gasteiger partial charge < -0.3 is 15.7 Å². The summed E-state index contributed by atoms with van der Waals surface area (Å²) < 4.78 is 1.44. The zero-order valence-electron chi connectivity index (χ0n) is 11.6. The molecule has 21 heavy (non-hydrogen) atoms. The second kappa shape index (κ2) is 6.08. The highest BCUT2D eigenvalue weighted by Crippen LogP contribution is 2.24. The van der Waals surface area contributed by atoms with Crippen molar-refractivity contribution < 1.29 is 14.7 Å². The molecule has 110 valence electrons. The van der Waals surface area contributed by atoms with Crippen molar-refractivity contribution in [3.05, 3.63) is 42.2 Å². The summed E-state index contributed by atoms with van der Waals surface area (Å²) in [7, 11) is 1.65. The van der Waals surface area contributed by atoms with E-state index in [1.807, 2.05) is 0 Å². The fraction of sp³-hybridized carbons (Fsp3) is 0.214. The van der Waals surface area contributed by atoms with E-state index in [0.717, 1.165) is 0 Å². The van der Waals surface area contributed by atoms with Gasteiger partial charge in [-0.15, -0.1) is 0 Å². The molecule has 0 saturated carbocycles. The van der Waals surface area contributed by atoms with Crippen LogP contribution in [0.3, 0.4) is 0 Å². The molecule has 0 atom stereocenters. The Morgan fingerprint density at radius 1 is 1.33 bits per heavy atom. The van der Waals surface area contributed by atoms with Crippen LogP contribution in [0.5, 0.6) is 0 Å². The van der Waals surface area contributed by atoms with Crippen molar-refractivity contribution >= 4 is 23.3 Å². The molecule has 2 aromatic rings. The molecule has 1 aromatic heterocycles. The number of hydrogen-bond acceptors (Lipinski definition) is 4. The van der Waals surface area contributed by atoms with E-state index in [9.17, 15) is 9.59 Å². The Bertz CT molecular complexity index is 666. The normalized spacial score (nSPS) is 10.3. The summed E-state index contributed by atoms with van der Waals surface area (Å²) >= 11 is 0. The Hall–Kier alpha value is -2.83. The Morgan fingerprint density at radius 2 is 2.05 bits per heavy atom. The van der Waals surface area contributed by atoms with Crippen LogP contribution >= 0.6 is 0 Å². The maximum atomic E-state index is 12.6. The Balaban J connectivity index is 2.37. The highest BCUT2D eigenvalue weighted by molar-refractivity contribution is 6.06. The van der Waals surface area contributed by atoms with Gasteiger partial charge in [-0.2, -0.15) is 5.10 Å². The topological polar surface area (TPSA) is 101 Å². The largest absolute Gasteiger partial charge is 0.481 e. The molecular formula is C14H16N4O3. The standard InChI is InChI=1S/C14H16N4O3/c1-17-12(6-8-16-17)14(21)18(9-7-13(19)20)11-5-3-2-4-10(11)15/h2-6,8H,7,9,15H2,1H3,(H,19,20). The molecule has 2 rings (SSSR count). The minimum Gasteiger partial charge on any atom is -0.481 e. The van der Waals surface area contributed by atoms with Gasteiger partial charge >= 0.3 is 5.97 Å². The van der Waals surface area contributed by atoms with Gasteiger partial charge in [0.05, 0.1) is 17.8 Å². The highest BCUT2D eigenvalue weighted by Gasteiger charge is 2.22. The smallest absolute Gasteiger partial charge is 0.305 e. The van der Waals surface area contributed by atoms with E-state index in [2.05, 4.69) is 5.10 Å². The number of nitrogens with zero attached hydrogens (tertiary/aromatic N) is 3. The van der Waals surface area contributed by atoms with Crippen LogP contribution < -0.4 is 10.6 Å². The van der Waals surface area contributed by atoms with Gasteiger partial charge in [0, 0.05) is 19.8 Å². The van der Waals surface area contributed by atoms with E-state index in [0.29, 0.717) is 17.1 Å². The first-order chi connectivity index (χ1) is 10.0. The van der Waals surface area contributed by atoms with E-state index in [1.54, 1.807) is 37.4 Å². The lowest BCUT2D eigenvalue weighted by molar-refractivity contribution is -0.136. The number of aromatic nitrogens is 2. The van der Waals surface area contributed by atoms with E-state index in [-0.39, 0.29) is 18.9 Å². The average Bonchev–Trinajstić information content (AvgIpc) is 2.86. The summed E-state index contributed by atoms with van der Waals surface area (Å²) in [6, 6.07) is 8.43. The number of carboxylic acids is 1. The van der Waals surface area contributed by atoms with Gasteiger partial charge in [0.15, 0.2) is 0 Å². The number of amides is 1. The molecule has 0 unspecified atom stereocenters. The fourth-order valence-corrected chi connectivity index (χ4v) is 1.99. The molecule has 0 radical (unpaired) electrons. The molecule has 0 spiro atoms. The van der Waals surface area contributed by atoms with Crippen LogP contribution in [-0.4, -0.2) is 33.3 Å². The number of carbonyl (C=O) groups is 2. The van der Waals surface area contributed by atoms with E-state index < -0.39 is 5.97 Å². The molecule has 0 aliphatic heterocycles. The molecule has 0 bridgehead atoms. The quantitative estimate of drug-likeness (QED) is 0.803. The second-order valence-electron chi connectivity index (χ2n) is 4.50. The fourth-order valence-electron chi connectivity index (χ4n) is 1.99. The number of aryl methyl sites for hydroxylation is 1. The van der Waals surface area contributed by atoms with Gasteiger partial charge in [0.2, 0.25) is 0 Å². The Labute approximate surface area is 121 Å². The predicted molar refractivity (Wildman–Crippen MR) is 78.0 cm³/mol. The number of hydrogen-bond donors (Lipinski definition) is 2. The first-order valence-electron chi connectivity index (χ1n) is 6.37. The Morgan fingerprint density at radius 3 is 2.62 bits per heavy atom. The summed E-state index contributed by atoms with van der Waals surface area (Å²) in [6.07, 6.45) is 1.34. The van der Waals surface area contributed by atoms with Crippen molar-refractivity contribution in [1.82, 2.24) is 9.78 Å². The van der Waals surface area contributed by atoms with E-state index >= 15 is 0 Å². The third-order valence-electron chi connectivity index (χ3n) is 3.06. The summed E-state index contributed by atoms with van der Waals surface area (Å²) in [4.78, 5) is 24.8. The molecule has 1 heterocycles. The first-order valence-corrected chi connectivity index (χ1v) is 6.37. The molecule has 0 aliphatic carbocycles. The van der Waals surface area contributed by atoms with Crippen LogP contribution in [0.4, 0.5) is 11.4 Å². The Kier molecular flexibility index (Phi) is 4.22. The van der Waals surface area contributed by atoms with Gasteiger partial charge in [0.1, 0.15) is 5.69 Å².